The number of hydrogen-bond donors (Lipinski definition) is 6. The average Bonchev–Trinajstić information content (AvgIpc) is 3.36. The quantitative estimate of drug-likeness (QED) is 0.252. The highest BCUT2D eigenvalue weighted by molar-refractivity contribution is 6.04. The summed E-state index contributed by atoms with van der Waals surface area (Å²) in [6.45, 7) is 6.63. The number of carboxylic acid groups (broad SMARTS) is 1. The summed E-state index contributed by atoms with van der Waals surface area (Å²) in [5, 5.41) is 63.9. The van der Waals surface area contributed by atoms with Gasteiger partial charge in [0.1, 0.15) is 11.2 Å². The Balaban J connectivity index is 0.000000187. The molecule has 8 nitrogen and oxygen atoms in total. The van der Waals surface area contributed by atoms with Crippen LogP contribution >= 0.6 is 0 Å². The fraction of sp³-hybridized carbons (Fsp3) is 0.833. The number of fused-ring (bicyclic) bond motifs is 6. The van der Waals surface area contributed by atoms with Crippen LogP contribution < -0.4 is 0 Å². The van der Waals surface area contributed by atoms with E-state index < -0.39 is 63.7 Å². The Morgan fingerprint density at radius 3 is 2.14 bits per heavy atom. The Kier molecular flexibility index (Phi) is 9.38. The molecule has 0 amide bonds. The van der Waals surface area contributed by atoms with Crippen LogP contribution in [0.1, 0.15) is 111 Å². The monoisotopic (exact) mass is 616 g/mol. The molecule has 0 bridgehead atoms. The molecule has 0 aromatic carbocycles. The van der Waals surface area contributed by atoms with Gasteiger partial charge in [0.25, 0.3) is 0 Å². The third-order valence-electron chi connectivity index (χ3n) is 13.2. The Labute approximate surface area is 262 Å². The van der Waals surface area contributed by atoms with Gasteiger partial charge in [-0.25, -0.2) is 0 Å². The topological polar surface area (TPSA) is 156 Å². The van der Waals surface area contributed by atoms with Gasteiger partial charge >= 0.3 is 5.97 Å². The molecule has 0 heterocycles. The highest BCUT2D eigenvalue weighted by Crippen LogP contribution is 2.74. The second-order valence-corrected chi connectivity index (χ2v) is 15.8. The SMILES string of the molecule is CC1=C[C@H]2[C@]3(O)[C@H](C)[C@@H](O)[C@@]4(O)[C@H]([C@@H]3C=C(CO)C[C@@]2(O)C1=O)C4(C)C.O=C(O)CC1CC2CCCCCCCCCCC21. The van der Waals surface area contributed by atoms with Gasteiger partial charge in [0.2, 0.25) is 0 Å². The lowest BCUT2D eigenvalue weighted by Crippen LogP contribution is -2.65. The molecule has 6 rings (SSSR count). The number of hydrogen-bond acceptors (Lipinski definition) is 7. The van der Waals surface area contributed by atoms with E-state index in [9.17, 15) is 35.1 Å². The number of carboxylic acids is 1. The van der Waals surface area contributed by atoms with Crippen LogP contribution in [0.5, 0.6) is 0 Å². The summed E-state index contributed by atoms with van der Waals surface area (Å²) in [7, 11) is 0. The van der Waals surface area contributed by atoms with Crippen molar-refractivity contribution in [1.29, 1.82) is 0 Å². The fourth-order valence-corrected chi connectivity index (χ4v) is 10.5. The lowest BCUT2D eigenvalue weighted by atomic mass is 9.59. The van der Waals surface area contributed by atoms with Crippen LogP contribution in [0.15, 0.2) is 23.3 Å². The molecule has 6 N–H and O–H groups in total. The average molecular weight is 617 g/mol. The van der Waals surface area contributed by atoms with Crippen molar-refractivity contribution >= 4 is 11.8 Å². The number of carbonyl (C=O) groups is 2. The maximum Gasteiger partial charge on any atom is 0.303 e. The van der Waals surface area contributed by atoms with E-state index in [1.54, 1.807) is 26.0 Å². The predicted molar refractivity (Wildman–Crippen MR) is 166 cm³/mol. The van der Waals surface area contributed by atoms with Gasteiger partial charge in [-0.3, -0.25) is 9.59 Å². The number of ketones is 1. The summed E-state index contributed by atoms with van der Waals surface area (Å²) >= 11 is 0. The molecule has 11 atom stereocenters. The van der Waals surface area contributed by atoms with E-state index in [0.717, 1.165) is 11.8 Å². The highest BCUT2D eigenvalue weighted by Gasteiger charge is 2.84. The van der Waals surface area contributed by atoms with Crippen molar-refractivity contribution in [3.8, 4) is 0 Å². The number of aliphatic hydroxyl groups excluding tert-OH is 2. The maximum atomic E-state index is 12.7. The minimum absolute atomic E-state index is 0.0615. The van der Waals surface area contributed by atoms with Crippen molar-refractivity contribution in [3.05, 3.63) is 23.3 Å². The van der Waals surface area contributed by atoms with Crippen LogP contribution in [0.25, 0.3) is 0 Å². The van der Waals surface area contributed by atoms with Crippen molar-refractivity contribution in [2.75, 3.05) is 6.61 Å². The van der Waals surface area contributed by atoms with Gasteiger partial charge < -0.3 is 30.6 Å². The molecule has 0 spiro atoms. The van der Waals surface area contributed by atoms with Gasteiger partial charge in [-0.1, -0.05) is 90.7 Å². The van der Waals surface area contributed by atoms with Crippen molar-refractivity contribution in [1.82, 2.24) is 0 Å². The molecular formula is C36H56O8. The second-order valence-electron chi connectivity index (χ2n) is 15.8. The van der Waals surface area contributed by atoms with Gasteiger partial charge in [-0.2, -0.15) is 0 Å². The van der Waals surface area contributed by atoms with E-state index in [4.69, 9.17) is 5.11 Å². The molecule has 8 heteroatoms. The van der Waals surface area contributed by atoms with E-state index in [-0.39, 0.29) is 13.0 Å². The molecule has 6 aliphatic rings. The van der Waals surface area contributed by atoms with Crippen LogP contribution in [0.3, 0.4) is 0 Å². The number of carbonyl (C=O) groups excluding carboxylic acids is 1. The van der Waals surface area contributed by atoms with Gasteiger partial charge in [0.15, 0.2) is 5.78 Å². The molecule has 44 heavy (non-hydrogen) atoms. The van der Waals surface area contributed by atoms with Gasteiger partial charge in [-0.15, -0.1) is 0 Å². The lowest BCUT2D eigenvalue weighted by molar-refractivity contribution is -0.209. The van der Waals surface area contributed by atoms with Gasteiger partial charge in [0, 0.05) is 41.9 Å². The van der Waals surface area contributed by atoms with Crippen LogP contribution in [-0.2, 0) is 9.59 Å². The number of Topliss-reactive ketones (excluding diaryl/α,β-unsaturated/α-hetero) is 1. The first-order valence-corrected chi connectivity index (χ1v) is 17.3. The van der Waals surface area contributed by atoms with E-state index in [2.05, 4.69) is 0 Å². The first-order chi connectivity index (χ1) is 20.6. The molecule has 0 saturated heterocycles. The van der Waals surface area contributed by atoms with Crippen molar-refractivity contribution in [2.24, 2.45) is 46.8 Å². The molecular weight excluding hydrogens is 560 g/mol. The summed E-state index contributed by atoms with van der Waals surface area (Å²) in [6.07, 6.45) is 17.5. The number of aliphatic hydroxyl groups is 5. The molecule has 0 radical (unpaired) electrons. The largest absolute Gasteiger partial charge is 0.481 e. The van der Waals surface area contributed by atoms with E-state index in [1.165, 1.54) is 70.6 Å². The number of rotatable bonds is 3. The zero-order chi connectivity index (χ0) is 32.2. The lowest BCUT2D eigenvalue weighted by Gasteiger charge is -2.51. The Morgan fingerprint density at radius 1 is 0.955 bits per heavy atom. The van der Waals surface area contributed by atoms with E-state index in [1.807, 2.05) is 13.8 Å². The van der Waals surface area contributed by atoms with Crippen LogP contribution in [0.4, 0.5) is 0 Å². The van der Waals surface area contributed by atoms with E-state index in [0.29, 0.717) is 23.5 Å². The van der Waals surface area contributed by atoms with Gasteiger partial charge in [-0.05, 0) is 48.7 Å². The maximum absolute atomic E-state index is 12.7. The van der Waals surface area contributed by atoms with Gasteiger partial charge in [0.05, 0.1) is 18.3 Å². The third kappa shape index (κ3) is 5.25. The molecule has 6 aliphatic carbocycles. The third-order valence-corrected chi connectivity index (χ3v) is 13.2. The minimum Gasteiger partial charge on any atom is -0.481 e. The van der Waals surface area contributed by atoms with E-state index >= 15 is 0 Å². The summed E-state index contributed by atoms with van der Waals surface area (Å²) in [5.74, 6) is -1.64. The van der Waals surface area contributed by atoms with Crippen LogP contribution in [0, 0.1) is 46.8 Å². The van der Waals surface area contributed by atoms with Crippen molar-refractivity contribution in [2.45, 2.75) is 134 Å². The Morgan fingerprint density at radius 2 is 1.55 bits per heavy atom. The predicted octanol–water partition coefficient (Wildman–Crippen LogP) is 4.56. The summed E-state index contributed by atoms with van der Waals surface area (Å²) in [6, 6.07) is 0. The summed E-state index contributed by atoms with van der Waals surface area (Å²) < 4.78 is 0. The number of aliphatic carboxylic acids is 1. The molecule has 4 saturated carbocycles. The first-order valence-electron chi connectivity index (χ1n) is 17.3. The Bertz CT molecular complexity index is 1170. The normalized spacial score (nSPS) is 46.3. The minimum atomic E-state index is -1.84. The van der Waals surface area contributed by atoms with Crippen LogP contribution in [0.2, 0.25) is 0 Å². The molecule has 248 valence electrons. The second kappa shape index (κ2) is 12.2. The smallest absolute Gasteiger partial charge is 0.303 e. The molecule has 0 aliphatic heterocycles. The summed E-state index contributed by atoms with van der Waals surface area (Å²) in [4.78, 5) is 23.6. The highest BCUT2D eigenvalue weighted by atomic mass is 16.4. The standard InChI is InChI=1S/C20H28O6.C16H28O2/c1-9-5-13-18(24,15(9)22)7-11(8-21)6-12-14-17(3,4)20(14,26)16(23)10(2)19(12,13)25;17-16(18)12-14-11-13-9-7-5-3-1-2-4-6-8-10-15(13)14/h5-6,10,12-14,16,21,23-26H,7-8H2,1-4H3;13-15H,1-12H2,(H,17,18)/t10-,12+,13-,14-,16-,18+,19+,20+;/m1./s1. The Hall–Kier alpha value is -1.58. The zero-order valence-corrected chi connectivity index (χ0v) is 27.2. The first kappa shape index (κ1) is 33.8. The molecule has 0 aromatic heterocycles. The van der Waals surface area contributed by atoms with Crippen molar-refractivity contribution in [3.63, 3.8) is 0 Å². The summed E-state index contributed by atoms with van der Waals surface area (Å²) in [5.41, 5.74) is -4.57. The zero-order valence-electron chi connectivity index (χ0n) is 27.2. The van der Waals surface area contributed by atoms with Crippen molar-refractivity contribution < 1.29 is 40.2 Å². The molecule has 0 aromatic rings. The fourth-order valence-electron chi connectivity index (χ4n) is 10.5. The molecule has 3 unspecified atom stereocenters. The molecule has 4 fully saturated rings. The van der Waals surface area contributed by atoms with Crippen LogP contribution in [-0.4, -0.2) is 71.9 Å².